The largest absolute Gasteiger partial charge is 0.378 e. The van der Waals surface area contributed by atoms with Crippen molar-refractivity contribution in [2.24, 2.45) is 7.05 Å². The Labute approximate surface area is 121 Å². The van der Waals surface area contributed by atoms with E-state index in [1.54, 1.807) is 12.1 Å². The summed E-state index contributed by atoms with van der Waals surface area (Å²) in [4.78, 5) is 4.56. The number of aryl methyl sites for hydroxylation is 1. The van der Waals surface area contributed by atoms with Crippen LogP contribution in [-0.4, -0.2) is 9.55 Å². The zero-order chi connectivity index (χ0) is 14.1. The van der Waals surface area contributed by atoms with Gasteiger partial charge in [-0.3, -0.25) is 0 Å². The van der Waals surface area contributed by atoms with Crippen LogP contribution in [0.25, 0.3) is 11.0 Å². The van der Waals surface area contributed by atoms with E-state index in [0.29, 0.717) is 6.54 Å². The van der Waals surface area contributed by atoms with Crippen LogP contribution < -0.4 is 5.32 Å². The second kappa shape index (κ2) is 5.13. The summed E-state index contributed by atoms with van der Waals surface area (Å²) in [7, 11) is 1.98. The monoisotopic (exact) mass is 289 g/mol. The Morgan fingerprint density at radius 3 is 2.80 bits per heavy atom. The van der Waals surface area contributed by atoms with E-state index in [4.69, 9.17) is 11.6 Å². The van der Waals surface area contributed by atoms with Crippen LogP contribution >= 0.6 is 11.6 Å². The van der Waals surface area contributed by atoms with E-state index < -0.39 is 5.82 Å². The molecule has 1 heterocycles. The van der Waals surface area contributed by atoms with Crippen LogP contribution in [0.5, 0.6) is 0 Å². The molecule has 0 spiro atoms. The summed E-state index contributed by atoms with van der Waals surface area (Å²) in [5.74, 6) is 0.492. The van der Waals surface area contributed by atoms with Crippen molar-refractivity contribution in [3.8, 4) is 0 Å². The predicted molar refractivity (Wildman–Crippen MR) is 79.5 cm³/mol. The molecule has 0 aliphatic carbocycles. The number of rotatable bonds is 3. The topological polar surface area (TPSA) is 29.9 Å². The van der Waals surface area contributed by atoms with Crippen molar-refractivity contribution in [1.29, 1.82) is 0 Å². The molecule has 20 heavy (non-hydrogen) atoms. The maximum Gasteiger partial charge on any atom is 0.141 e. The Balaban J connectivity index is 1.83. The van der Waals surface area contributed by atoms with Crippen LogP contribution in [0.2, 0.25) is 5.02 Å². The van der Waals surface area contributed by atoms with Gasteiger partial charge in [-0.25, -0.2) is 9.37 Å². The Morgan fingerprint density at radius 1 is 1.25 bits per heavy atom. The minimum Gasteiger partial charge on any atom is -0.378 e. The van der Waals surface area contributed by atoms with Crippen molar-refractivity contribution in [2.45, 2.75) is 6.54 Å². The molecule has 0 radical (unpaired) electrons. The highest BCUT2D eigenvalue weighted by atomic mass is 35.5. The number of para-hydroxylation sites is 2. The summed E-state index contributed by atoms with van der Waals surface area (Å²) in [5, 5.41) is 3.31. The Bertz CT molecular complexity index is 767. The van der Waals surface area contributed by atoms with Gasteiger partial charge in [0.2, 0.25) is 0 Å². The summed E-state index contributed by atoms with van der Waals surface area (Å²) < 4.78 is 15.1. The lowest BCUT2D eigenvalue weighted by Gasteiger charge is -2.07. The van der Waals surface area contributed by atoms with Gasteiger partial charge in [-0.15, -0.1) is 0 Å². The van der Waals surface area contributed by atoms with E-state index in [9.17, 15) is 4.39 Å². The SMILES string of the molecule is Cn1c(CNc2ccc(F)c(Cl)c2)nc2ccccc21. The van der Waals surface area contributed by atoms with Crippen LogP contribution in [0.1, 0.15) is 5.82 Å². The second-order valence-corrected chi connectivity index (χ2v) is 4.97. The lowest BCUT2D eigenvalue weighted by Crippen LogP contribution is -2.05. The first-order valence-electron chi connectivity index (χ1n) is 6.24. The minimum absolute atomic E-state index is 0.111. The third-order valence-corrected chi connectivity index (χ3v) is 3.54. The summed E-state index contributed by atoms with van der Waals surface area (Å²) in [6.07, 6.45) is 0. The third-order valence-electron chi connectivity index (χ3n) is 3.25. The normalized spacial score (nSPS) is 10.9. The summed E-state index contributed by atoms with van der Waals surface area (Å²) >= 11 is 5.76. The predicted octanol–water partition coefficient (Wildman–Crippen LogP) is 3.98. The minimum atomic E-state index is -0.417. The van der Waals surface area contributed by atoms with Crippen LogP contribution in [0.15, 0.2) is 42.5 Å². The zero-order valence-electron chi connectivity index (χ0n) is 10.9. The molecule has 0 unspecified atom stereocenters. The zero-order valence-corrected chi connectivity index (χ0v) is 11.7. The fraction of sp³-hybridized carbons (Fsp3) is 0.133. The van der Waals surface area contributed by atoms with E-state index >= 15 is 0 Å². The highest BCUT2D eigenvalue weighted by Crippen LogP contribution is 2.20. The number of fused-ring (bicyclic) bond motifs is 1. The highest BCUT2D eigenvalue weighted by molar-refractivity contribution is 6.31. The molecule has 0 saturated heterocycles. The van der Waals surface area contributed by atoms with Gasteiger partial charge in [-0.1, -0.05) is 23.7 Å². The van der Waals surface area contributed by atoms with Gasteiger partial charge >= 0.3 is 0 Å². The van der Waals surface area contributed by atoms with Crippen molar-refractivity contribution >= 4 is 28.3 Å². The van der Waals surface area contributed by atoms with Gasteiger partial charge in [0.05, 0.1) is 22.6 Å². The van der Waals surface area contributed by atoms with E-state index in [-0.39, 0.29) is 5.02 Å². The van der Waals surface area contributed by atoms with E-state index in [2.05, 4.69) is 10.3 Å². The van der Waals surface area contributed by atoms with Gasteiger partial charge in [0, 0.05) is 12.7 Å². The number of nitrogens with one attached hydrogen (secondary N) is 1. The fourth-order valence-electron chi connectivity index (χ4n) is 2.14. The molecular weight excluding hydrogens is 277 g/mol. The quantitative estimate of drug-likeness (QED) is 0.790. The highest BCUT2D eigenvalue weighted by Gasteiger charge is 2.07. The van der Waals surface area contributed by atoms with Crippen molar-refractivity contribution in [3.63, 3.8) is 0 Å². The number of anilines is 1. The second-order valence-electron chi connectivity index (χ2n) is 4.56. The molecule has 0 amide bonds. The number of imidazole rings is 1. The van der Waals surface area contributed by atoms with Crippen LogP contribution in [-0.2, 0) is 13.6 Å². The summed E-state index contributed by atoms with van der Waals surface area (Å²) in [5.41, 5.74) is 2.81. The lowest BCUT2D eigenvalue weighted by atomic mass is 10.3. The molecular formula is C15H13ClFN3. The van der Waals surface area contributed by atoms with Gasteiger partial charge in [-0.2, -0.15) is 0 Å². The molecule has 5 heteroatoms. The number of aromatic nitrogens is 2. The van der Waals surface area contributed by atoms with Gasteiger partial charge in [0.25, 0.3) is 0 Å². The average molecular weight is 290 g/mol. The van der Waals surface area contributed by atoms with Crippen molar-refractivity contribution < 1.29 is 4.39 Å². The Hall–Kier alpha value is -2.07. The number of benzene rings is 2. The smallest absolute Gasteiger partial charge is 0.141 e. The van der Waals surface area contributed by atoms with Crippen molar-refractivity contribution in [3.05, 3.63) is 59.1 Å². The average Bonchev–Trinajstić information content (AvgIpc) is 2.77. The van der Waals surface area contributed by atoms with Crippen LogP contribution in [0, 0.1) is 5.82 Å². The molecule has 0 aliphatic rings. The van der Waals surface area contributed by atoms with E-state index in [1.807, 2.05) is 35.9 Å². The van der Waals surface area contributed by atoms with Crippen molar-refractivity contribution in [1.82, 2.24) is 9.55 Å². The first kappa shape index (κ1) is 12.9. The van der Waals surface area contributed by atoms with Crippen molar-refractivity contribution in [2.75, 3.05) is 5.32 Å². The van der Waals surface area contributed by atoms with Gasteiger partial charge < -0.3 is 9.88 Å². The third kappa shape index (κ3) is 2.34. The first-order valence-corrected chi connectivity index (χ1v) is 6.62. The Kier molecular flexibility index (Phi) is 3.32. The van der Waals surface area contributed by atoms with Crippen LogP contribution in [0.3, 0.4) is 0 Å². The molecule has 3 nitrogen and oxygen atoms in total. The molecule has 0 aliphatic heterocycles. The number of hydrogen-bond acceptors (Lipinski definition) is 2. The summed E-state index contributed by atoms with van der Waals surface area (Å²) in [6.45, 7) is 0.549. The number of halogens is 2. The molecule has 0 fully saturated rings. The first-order chi connectivity index (χ1) is 9.65. The van der Waals surface area contributed by atoms with Gasteiger partial charge in [-0.05, 0) is 30.3 Å². The molecule has 0 saturated carbocycles. The molecule has 1 aromatic heterocycles. The lowest BCUT2D eigenvalue weighted by molar-refractivity contribution is 0.628. The van der Waals surface area contributed by atoms with Gasteiger partial charge in [0.1, 0.15) is 11.6 Å². The van der Waals surface area contributed by atoms with Gasteiger partial charge in [0.15, 0.2) is 0 Å². The van der Waals surface area contributed by atoms with Crippen LogP contribution in [0.4, 0.5) is 10.1 Å². The molecule has 0 atom stereocenters. The molecule has 2 aromatic carbocycles. The number of nitrogens with zero attached hydrogens (tertiary/aromatic N) is 2. The number of hydrogen-bond donors (Lipinski definition) is 1. The summed E-state index contributed by atoms with van der Waals surface area (Å²) in [6, 6.07) is 12.5. The fourth-order valence-corrected chi connectivity index (χ4v) is 2.32. The standard InChI is InChI=1S/C15H13ClFN3/c1-20-14-5-3-2-4-13(14)19-15(20)9-18-10-6-7-12(17)11(16)8-10/h2-8,18H,9H2,1H3. The molecule has 0 bridgehead atoms. The van der Waals surface area contributed by atoms with E-state index in [1.165, 1.54) is 6.07 Å². The maximum absolute atomic E-state index is 13.1. The Morgan fingerprint density at radius 2 is 2.05 bits per heavy atom. The molecule has 3 aromatic rings. The molecule has 102 valence electrons. The molecule has 1 N–H and O–H groups in total. The maximum atomic E-state index is 13.1. The van der Waals surface area contributed by atoms with E-state index in [0.717, 1.165) is 22.5 Å². The molecule has 3 rings (SSSR count).